The summed E-state index contributed by atoms with van der Waals surface area (Å²) in [4.78, 5) is 14.1. The van der Waals surface area contributed by atoms with E-state index in [1.54, 1.807) is 0 Å². The molecule has 0 aliphatic carbocycles. The number of carbonyl (C=O) groups is 1. The van der Waals surface area contributed by atoms with Gasteiger partial charge in [0.1, 0.15) is 5.82 Å². The molecule has 1 aromatic carbocycles. The Balaban J connectivity index is 1.73. The minimum absolute atomic E-state index is 0.146. The van der Waals surface area contributed by atoms with Gasteiger partial charge in [0.25, 0.3) is 0 Å². The Hall–Kier alpha value is -0.940. The van der Waals surface area contributed by atoms with Crippen LogP contribution in [0.15, 0.2) is 22.7 Å². The van der Waals surface area contributed by atoms with Crippen LogP contribution >= 0.6 is 15.9 Å². The summed E-state index contributed by atoms with van der Waals surface area (Å²) >= 11 is 3.30. The van der Waals surface area contributed by atoms with Gasteiger partial charge in [-0.15, -0.1) is 0 Å². The summed E-state index contributed by atoms with van der Waals surface area (Å²) in [7, 11) is 0. The minimum Gasteiger partial charge on any atom is -0.338 e. The van der Waals surface area contributed by atoms with Crippen molar-refractivity contribution in [3.8, 4) is 0 Å². The van der Waals surface area contributed by atoms with Gasteiger partial charge in [0, 0.05) is 24.0 Å². The van der Waals surface area contributed by atoms with Gasteiger partial charge in [-0.05, 0) is 55.1 Å². The van der Waals surface area contributed by atoms with E-state index in [1.807, 2.05) is 11.0 Å². The van der Waals surface area contributed by atoms with E-state index in [4.69, 9.17) is 0 Å². The zero-order chi connectivity index (χ0) is 14.2. The predicted molar refractivity (Wildman–Crippen MR) is 78.7 cm³/mol. The Morgan fingerprint density at radius 3 is 2.75 bits per heavy atom. The first-order chi connectivity index (χ1) is 9.56. The smallest absolute Gasteiger partial charge is 0.223 e. The molecule has 2 aliphatic heterocycles. The van der Waals surface area contributed by atoms with Crippen LogP contribution in [0.3, 0.4) is 0 Å². The molecule has 20 heavy (non-hydrogen) atoms. The van der Waals surface area contributed by atoms with Crippen molar-refractivity contribution in [1.82, 2.24) is 10.2 Å². The lowest BCUT2D eigenvalue weighted by Gasteiger charge is -2.33. The Bertz CT molecular complexity index is 508. The summed E-state index contributed by atoms with van der Waals surface area (Å²) in [5, 5.41) is 3.34. The van der Waals surface area contributed by atoms with Crippen molar-refractivity contribution in [2.75, 3.05) is 19.6 Å². The van der Waals surface area contributed by atoms with Crippen LogP contribution < -0.4 is 5.32 Å². The van der Waals surface area contributed by atoms with Gasteiger partial charge in [0.15, 0.2) is 0 Å². The number of rotatable bonds is 2. The number of hydrogen-bond acceptors (Lipinski definition) is 2. The number of piperidine rings is 1. The number of hydrogen-bond donors (Lipinski definition) is 1. The van der Waals surface area contributed by atoms with Crippen LogP contribution in [0.5, 0.6) is 0 Å². The molecule has 108 valence electrons. The van der Waals surface area contributed by atoms with Gasteiger partial charge in [0.05, 0.1) is 0 Å². The normalized spacial score (nSPS) is 21.7. The lowest BCUT2D eigenvalue weighted by molar-refractivity contribution is -0.128. The maximum Gasteiger partial charge on any atom is 0.223 e. The molecule has 3 rings (SSSR count). The molecular formula is C15H18BrFN2O. The maximum atomic E-state index is 13.4. The highest BCUT2D eigenvalue weighted by Crippen LogP contribution is 2.39. The maximum absolute atomic E-state index is 13.4. The second-order valence-corrected chi connectivity index (χ2v) is 6.87. The van der Waals surface area contributed by atoms with Crippen LogP contribution in [-0.4, -0.2) is 30.4 Å². The first-order valence-electron chi connectivity index (χ1n) is 7.00. The Kier molecular flexibility index (Phi) is 3.82. The third-order valence-corrected chi connectivity index (χ3v) is 4.82. The molecule has 1 N–H and O–H groups in total. The summed E-state index contributed by atoms with van der Waals surface area (Å²) in [6.07, 6.45) is 2.76. The van der Waals surface area contributed by atoms with Gasteiger partial charge < -0.3 is 10.2 Å². The lowest BCUT2D eigenvalue weighted by Crippen LogP contribution is -2.38. The van der Waals surface area contributed by atoms with Crippen molar-refractivity contribution in [1.29, 1.82) is 0 Å². The van der Waals surface area contributed by atoms with Crippen LogP contribution in [0.25, 0.3) is 0 Å². The summed E-state index contributed by atoms with van der Waals surface area (Å²) in [5.74, 6) is -0.0649. The van der Waals surface area contributed by atoms with Crippen molar-refractivity contribution >= 4 is 21.8 Å². The van der Waals surface area contributed by atoms with Crippen LogP contribution in [0.1, 0.15) is 24.8 Å². The molecule has 1 aromatic rings. The van der Waals surface area contributed by atoms with E-state index < -0.39 is 0 Å². The third kappa shape index (κ3) is 2.88. The van der Waals surface area contributed by atoms with Crippen molar-refractivity contribution in [3.63, 3.8) is 0 Å². The average molecular weight is 341 g/mol. The van der Waals surface area contributed by atoms with E-state index in [2.05, 4.69) is 21.2 Å². The van der Waals surface area contributed by atoms with E-state index in [9.17, 15) is 9.18 Å². The van der Waals surface area contributed by atoms with E-state index in [1.165, 1.54) is 12.1 Å². The SMILES string of the molecule is O=C1CC2(CCNCC2)CN1Cc1cc(F)cc(Br)c1. The molecule has 1 amide bonds. The number of nitrogens with zero attached hydrogens (tertiary/aromatic N) is 1. The third-order valence-electron chi connectivity index (χ3n) is 4.37. The Morgan fingerprint density at radius 1 is 1.30 bits per heavy atom. The van der Waals surface area contributed by atoms with Crippen LogP contribution in [0.4, 0.5) is 4.39 Å². The number of benzene rings is 1. The fraction of sp³-hybridized carbons (Fsp3) is 0.533. The molecule has 2 fully saturated rings. The molecule has 0 saturated carbocycles. The number of nitrogens with one attached hydrogen (secondary N) is 1. The second kappa shape index (κ2) is 5.45. The number of amides is 1. The molecular weight excluding hydrogens is 323 g/mol. The van der Waals surface area contributed by atoms with Gasteiger partial charge in [-0.1, -0.05) is 15.9 Å². The monoisotopic (exact) mass is 340 g/mol. The molecule has 0 bridgehead atoms. The molecule has 0 atom stereocenters. The van der Waals surface area contributed by atoms with Crippen molar-refractivity contribution in [2.24, 2.45) is 5.41 Å². The highest BCUT2D eigenvalue weighted by atomic mass is 79.9. The molecule has 3 nitrogen and oxygen atoms in total. The zero-order valence-corrected chi connectivity index (χ0v) is 12.9. The summed E-state index contributed by atoms with van der Waals surface area (Å²) in [6.45, 7) is 3.30. The minimum atomic E-state index is -0.266. The summed E-state index contributed by atoms with van der Waals surface area (Å²) in [6, 6.07) is 4.82. The molecule has 2 saturated heterocycles. The van der Waals surface area contributed by atoms with Gasteiger partial charge >= 0.3 is 0 Å². The van der Waals surface area contributed by atoms with E-state index in [-0.39, 0.29) is 17.1 Å². The second-order valence-electron chi connectivity index (χ2n) is 5.95. The summed E-state index contributed by atoms with van der Waals surface area (Å²) < 4.78 is 14.1. The van der Waals surface area contributed by atoms with Crippen LogP contribution in [0, 0.1) is 11.2 Å². The van der Waals surface area contributed by atoms with E-state index in [0.717, 1.165) is 42.5 Å². The fourth-order valence-electron chi connectivity index (χ4n) is 3.34. The van der Waals surface area contributed by atoms with E-state index >= 15 is 0 Å². The van der Waals surface area contributed by atoms with Crippen molar-refractivity contribution in [3.05, 3.63) is 34.1 Å². The zero-order valence-electron chi connectivity index (χ0n) is 11.3. The van der Waals surface area contributed by atoms with Gasteiger partial charge in [0.2, 0.25) is 5.91 Å². The lowest BCUT2D eigenvalue weighted by atomic mass is 9.78. The van der Waals surface area contributed by atoms with Crippen molar-refractivity contribution in [2.45, 2.75) is 25.8 Å². The number of likely N-dealkylation sites (tertiary alicyclic amines) is 1. The standard InChI is InChI=1S/C15H18BrFN2O/c16-12-5-11(6-13(17)7-12)9-19-10-15(8-14(19)20)1-3-18-4-2-15/h5-7,18H,1-4,8-10H2. The first kappa shape index (κ1) is 14.0. The highest BCUT2D eigenvalue weighted by Gasteiger charge is 2.43. The number of halogens is 2. The highest BCUT2D eigenvalue weighted by molar-refractivity contribution is 9.10. The van der Waals surface area contributed by atoms with Gasteiger partial charge in [-0.3, -0.25) is 4.79 Å². The molecule has 0 aromatic heterocycles. The first-order valence-corrected chi connectivity index (χ1v) is 7.79. The molecule has 0 radical (unpaired) electrons. The fourth-order valence-corrected chi connectivity index (χ4v) is 3.85. The van der Waals surface area contributed by atoms with Crippen molar-refractivity contribution < 1.29 is 9.18 Å². The van der Waals surface area contributed by atoms with E-state index in [0.29, 0.717) is 13.0 Å². The largest absolute Gasteiger partial charge is 0.338 e. The Morgan fingerprint density at radius 2 is 2.05 bits per heavy atom. The average Bonchev–Trinajstić information content (AvgIpc) is 2.65. The number of carbonyl (C=O) groups excluding carboxylic acids is 1. The topological polar surface area (TPSA) is 32.3 Å². The summed E-state index contributed by atoms with van der Waals surface area (Å²) in [5.41, 5.74) is 0.989. The quantitative estimate of drug-likeness (QED) is 0.897. The van der Waals surface area contributed by atoms with Gasteiger partial charge in [-0.25, -0.2) is 4.39 Å². The molecule has 1 spiro atoms. The molecule has 0 unspecified atom stereocenters. The Labute approximate surface area is 126 Å². The van der Waals surface area contributed by atoms with Crippen LogP contribution in [0.2, 0.25) is 0 Å². The molecule has 2 heterocycles. The molecule has 2 aliphatic rings. The van der Waals surface area contributed by atoms with Crippen LogP contribution in [-0.2, 0) is 11.3 Å². The predicted octanol–water partition coefficient (Wildman–Crippen LogP) is 2.69. The van der Waals surface area contributed by atoms with Gasteiger partial charge in [-0.2, -0.15) is 0 Å². The molecule has 5 heteroatoms.